The number of hydrogen-bond donors (Lipinski definition) is 2. The van der Waals surface area contributed by atoms with Gasteiger partial charge >= 0.3 is 0 Å². The van der Waals surface area contributed by atoms with Crippen molar-refractivity contribution in [2.45, 2.75) is 19.6 Å². The minimum Gasteiger partial charge on any atom is -0.497 e. The maximum atomic E-state index is 15.1. The Bertz CT molecular complexity index is 1760. The number of halogens is 1. The molecule has 1 amide bonds. The van der Waals surface area contributed by atoms with Crippen molar-refractivity contribution in [2.75, 3.05) is 12.4 Å². The van der Waals surface area contributed by atoms with E-state index in [1.807, 2.05) is 6.07 Å². The third-order valence-electron chi connectivity index (χ3n) is 6.40. The Morgan fingerprint density at radius 1 is 1.07 bits per heavy atom. The van der Waals surface area contributed by atoms with Gasteiger partial charge in [0.15, 0.2) is 11.6 Å². The Morgan fingerprint density at radius 3 is 2.55 bits per heavy atom. The van der Waals surface area contributed by atoms with Crippen molar-refractivity contribution in [3.05, 3.63) is 101 Å². The van der Waals surface area contributed by atoms with E-state index in [4.69, 9.17) is 9.47 Å². The van der Waals surface area contributed by atoms with Gasteiger partial charge in [0.25, 0.3) is 11.5 Å². The minimum absolute atomic E-state index is 0.0507. The molecule has 2 aromatic heterocycles. The van der Waals surface area contributed by atoms with Gasteiger partial charge in [0.1, 0.15) is 17.1 Å². The number of methoxy groups -OCH3 is 1. The van der Waals surface area contributed by atoms with Crippen LogP contribution in [0.3, 0.4) is 0 Å². The fraction of sp³-hybridized carbons (Fsp3) is 0.167. The van der Waals surface area contributed by atoms with Crippen LogP contribution in [0.5, 0.6) is 17.2 Å². The second kappa shape index (κ2) is 11.0. The molecule has 0 fully saturated rings. The lowest BCUT2D eigenvalue weighted by Gasteiger charge is -2.15. The third kappa shape index (κ3) is 5.16. The van der Waals surface area contributed by atoms with Gasteiger partial charge < -0.3 is 19.9 Å². The maximum absolute atomic E-state index is 15.1. The number of nitrogens with zero attached hydrogens (tertiary/aromatic N) is 3. The molecule has 0 radical (unpaired) electrons. The molecule has 1 atom stereocenters. The van der Waals surface area contributed by atoms with Crippen molar-refractivity contribution >= 4 is 22.5 Å². The number of carbonyl (C=O) groups excluding carboxylic acids is 1. The summed E-state index contributed by atoms with van der Waals surface area (Å²) in [6.07, 6.45) is 0.788. The highest BCUT2D eigenvalue weighted by Gasteiger charge is 2.26. The molecular formula is C30H27FN4O5. The molecule has 0 aliphatic heterocycles. The highest BCUT2D eigenvalue weighted by Crippen LogP contribution is 2.33. The number of pyridine rings is 1. The first-order valence-electron chi connectivity index (χ1n) is 12.5. The molecule has 5 rings (SSSR count). The molecule has 9 nitrogen and oxygen atoms in total. The molecule has 10 heteroatoms. The van der Waals surface area contributed by atoms with E-state index in [1.54, 1.807) is 73.4 Å². The Labute approximate surface area is 229 Å². The topological polar surface area (TPSA) is 108 Å². The molecule has 40 heavy (non-hydrogen) atoms. The number of aliphatic hydroxyl groups excluding tert-OH is 1. The number of amides is 1. The molecule has 1 unspecified atom stereocenters. The van der Waals surface area contributed by atoms with E-state index in [-0.39, 0.29) is 23.5 Å². The number of benzene rings is 3. The van der Waals surface area contributed by atoms with Crippen LogP contribution in [-0.4, -0.2) is 38.6 Å². The number of rotatable bonds is 8. The van der Waals surface area contributed by atoms with Gasteiger partial charge in [-0.25, -0.2) is 4.39 Å². The molecular weight excluding hydrogens is 515 g/mol. The second-order valence-corrected chi connectivity index (χ2v) is 9.24. The predicted octanol–water partition coefficient (Wildman–Crippen LogP) is 4.98. The summed E-state index contributed by atoms with van der Waals surface area (Å²) in [5.41, 5.74) is 1.09. The van der Waals surface area contributed by atoms with Crippen LogP contribution >= 0.6 is 0 Å². The first-order chi connectivity index (χ1) is 19.3. The number of aromatic nitrogens is 3. The third-order valence-corrected chi connectivity index (χ3v) is 6.40. The van der Waals surface area contributed by atoms with E-state index >= 15 is 4.39 Å². The zero-order chi connectivity index (χ0) is 28.4. The lowest BCUT2D eigenvalue weighted by Crippen LogP contribution is -2.26. The standard InChI is InChI=1S/C30H27FN4O5/c1-18(36)17-35-28(19-7-5-4-6-8-19)27(30(38)34(35)2)29(37)33-20-9-12-26(23(31)15-20)40-25-13-14-32-24-16-21(39-3)10-11-22(24)25/h4-16,18,36H,17H2,1-3H3,(H,33,37). The van der Waals surface area contributed by atoms with Crippen LogP contribution in [0.25, 0.3) is 22.2 Å². The average molecular weight is 543 g/mol. The van der Waals surface area contributed by atoms with Crippen molar-refractivity contribution in [3.8, 4) is 28.5 Å². The lowest BCUT2D eigenvalue weighted by atomic mass is 10.1. The van der Waals surface area contributed by atoms with Crippen molar-refractivity contribution in [2.24, 2.45) is 7.05 Å². The zero-order valence-electron chi connectivity index (χ0n) is 22.1. The molecule has 0 aliphatic carbocycles. The van der Waals surface area contributed by atoms with Crippen molar-refractivity contribution in [1.82, 2.24) is 14.3 Å². The number of carbonyl (C=O) groups is 1. The van der Waals surface area contributed by atoms with Gasteiger partial charge in [-0.1, -0.05) is 30.3 Å². The van der Waals surface area contributed by atoms with Gasteiger partial charge in [-0.05, 0) is 37.3 Å². The van der Waals surface area contributed by atoms with E-state index in [2.05, 4.69) is 10.3 Å². The number of fused-ring (bicyclic) bond motifs is 1. The summed E-state index contributed by atoms with van der Waals surface area (Å²) in [7, 11) is 3.08. The van der Waals surface area contributed by atoms with Gasteiger partial charge in [-0.3, -0.25) is 23.9 Å². The number of nitrogens with one attached hydrogen (secondary N) is 1. The van der Waals surface area contributed by atoms with Gasteiger partial charge in [0.05, 0.1) is 31.0 Å². The SMILES string of the molecule is COc1ccc2c(Oc3ccc(NC(=O)c4c(-c5ccccc5)n(CC(C)O)n(C)c4=O)cc3F)ccnc2c1. The molecule has 0 aliphatic rings. The maximum Gasteiger partial charge on any atom is 0.279 e. The smallest absolute Gasteiger partial charge is 0.279 e. The largest absolute Gasteiger partial charge is 0.497 e. The average Bonchev–Trinajstić information content (AvgIpc) is 3.19. The summed E-state index contributed by atoms with van der Waals surface area (Å²) in [5.74, 6) is -0.427. The Kier molecular flexibility index (Phi) is 7.35. The first kappa shape index (κ1) is 26.6. The summed E-state index contributed by atoms with van der Waals surface area (Å²) in [6, 6.07) is 19.9. The van der Waals surface area contributed by atoms with E-state index < -0.39 is 23.4 Å². The highest BCUT2D eigenvalue weighted by atomic mass is 19.1. The molecule has 5 aromatic rings. The zero-order valence-corrected chi connectivity index (χ0v) is 22.1. The molecule has 0 saturated heterocycles. The summed E-state index contributed by atoms with van der Waals surface area (Å²) in [5, 5.41) is 13.3. The van der Waals surface area contributed by atoms with Gasteiger partial charge in [-0.2, -0.15) is 0 Å². The molecule has 3 aromatic carbocycles. The normalized spacial score (nSPS) is 11.8. The Hall–Kier alpha value is -4.96. The Morgan fingerprint density at radius 2 is 1.85 bits per heavy atom. The van der Waals surface area contributed by atoms with Crippen LogP contribution in [0.2, 0.25) is 0 Å². The van der Waals surface area contributed by atoms with Gasteiger partial charge in [-0.15, -0.1) is 0 Å². The molecule has 204 valence electrons. The number of ether oxygens (including phenoxy) is 2. The van der Waals surface area contributed by atoms with Crippen LogP contribution in [-0.2, 0) is 13.6 Å². The summed E-state index contributed by atoms with van der Waals surface area (Å²) >= 11 is 0. The fourth-order valence-electron chi connectivity index (χ4n) is 4.50. The summed E-state index contributed by atoms with van der Waals surface area (Å²) in [4.78, 5) is 30.9. The van der Waals surface area contributed by atoms with E-state index in [9.17, 15) is 14.7 Å². The van der Waals surface area contributed by atoms with Gasteiger partial charge in [0.2, 0.25) is 0 Å². The van der Waals surface area contributed by atoms with Crippen LogP contribution in [0, 0.1) is 5.82 Å². The van der Waals surface area contributed by atoms with Crippen LogP contribution < -0.4 is 20.3 Å². The molecule has 0 saturated carbocycles. The molecule has 2 N–H and O–H groups in total. The summed E-state index contributed by atoms with van der Waals surface area (Å²) < 4.78 is 29.1. The summed E-state index contributed by atoms with van der Waals surface area (Å²) in [6.45, 7) is 1.69. The molecule has 0 bridgehead atoms. The minimum atomic E-state index is -0.766. The Balaban J connectivity index is 1.44. The van der Waals surface area contributed by atoms with Crippen molar-refractivity contribution in [1.29, 1.82) is 0 Å². The number of anilines is 1. The molecule has 0 spiro atoms. The van der Waals surface area contributed by atoms with Crippen molar-refractivity contribution < 1.29 is 23.8 Å². The quantitative estimate of drug-likeness (QED) is 0.287. The van der Waals surface area contributed by atoms with E-state index in [1.165, 1.54) is 23.9 Å². The van der Waals surface area contributed by atoms with Gasteiger partial charge in [0, 0.05) is 42.0 Å². The highest BCUT2D eigenvalue weighted by molar-refractivity contribution is 6.08. The van der Waals surface area contributed by atoms with Crippen LogP contribution in [0.4, 0.5) is 10.1 Å². The van der Waals surface area contributed by atoms with Crippen LogP contribution in [0.15, 0.2) is 83.8 Å². The van der Waals surface area contributed by atoms with E-state index in [0.717, 1.165) is 6.07 Å². The predicted molar refractivity (Wildman–Crippen MR) is 150 cm³/mol. The van der Waals surface area contributed by atoms with Crippen molar-refractivity contribution in [3.63, 3.8) is 0 Å². The fourth-order valence-corrected chi connectivity index (χ4v) is 4.50. The van der Waals surface area contributed by atoms with E-state index in [0.29, 0.717) is 33.7 Å². The number of aliphatic hydroxyl groups is 1. The monoisotopic (exact) mass is 542 g/mol. The second-order valence-electron chi connectivity index (χ2n) is 9.24. The first-order valence-corrected chi connectivity index (χ1v) is 12.5. The lowest BCUT2D eigenvalue weighted by molar-refractivity contribution is 0.102. The van der Waals surface area contributed by atoms with Crippen LogP contribution in [0.1, 0.15) is 17.3 Å². The number of hydrogen-bond acceptors (Lipinski definition) is 6. The molecule has 2 heterocycles.